The fourth-order valence-corrected chi connectivity index (χ4v) is 3.24. The first-order chi connectivity index (χ1) is 13.4. The quantitative estimate of drug-likeness (QED) is 0.657. The molecule has 0 fully saturated rings. The number of aliphatic hydroxyl groups excluding tert-OH is 1. The molecule has 3 aromatic rings. The number of hydrogen-bond acceptors (Lipinski definition) is 3. The van der Waals surface area contributed by atoms with Crippen LogP contribution in [0.3, 0.4) is 0 Å². The van der Waals surface area contributed by atoms with Gasteiger partial charge in [-0.2, -0.15) is 5.10 Å². The van der Waals surface area contributed by atoms with E-state index in [1.54, 1.807) is 36.9 Å². The smallest absolute Gasteiger partial charge is 0.271 e. The summed E-state index contributed by atoms with van der Waals surface area (Å²) in [6.07, 6.45) is 1.76. The van der Waals surface area contributed by atoms with Gasteiger partial charge in [-0.3, -0.25) is 4.79 Å². The predicted octanol–water partition coefficient (Wildman–Crippen LogP) is 3.60. The van der Waals surface area contributed by atoms with Crippen molar-refractivity contribution in [2.75, 3.05) is 6.54 Å². The molecule has 0 bridgehead atoms. The zero-order valence-corrected chi connectivity index (χ0v) is 16.0. The molecule has 2 atom stereocenters. The lowest BCUT2D eigenvalue weighted by molar-refractivity contribution is 0.0940. The van der Waals surface area contributed by atoms with Gasteiger partial charge in [0.05, 0.1) is 11.8 Å². The van der Waals surface area contributed by atoms with E-state index in [1.807, 2.05) is 30.3 Å². The first-order valence-corrected chi connectivity index (χ1v) is 9.27. The Kier molecular flexibility index (Phi) is 6.21. The van der Waals surface area contributed by atoms with E-state index >= 15 is 0 Å². The van der Waals surface area contributed by atoms with Crippen LogP contribution in [-0.4, -0.2) is 33.4 Å². The predicted molar refractivity (Wildman–Crippen MR) is 106 cm³/mol. The molecule has 0 radical (unpaired) electrons. The number of amides is 1. The minimum absolute atomic E-state index is 0.00609. The number of benzene rings is 2. The Morgan fingerprint density at radius 2 is 1.96 bits per heavy atom. The summed E-state index contributed by atoms with van der Waals surface area (Å²) >= 11 is 0. The van der Waals surface area contributed by atoms with Crippen molar-refractivity contribution in [1.29, 1.82) is 0 Å². The topological polar surface area (TPSA) is 67.2 Å². The normalized spacial score (nSPS) is 13.1. The van der Waals surface area contributed by atoms with Crippen molar-refractivity contribution in [2.45, 2.75) is 32.3 Å². The number of rotatable bonds is 7. The molecule has 2 N–H and O–H groups in total. The number of aryl methyl sites for hydroxylation is 1. The van der Waals surface area contributed by atoms with Crippen molar-refractivity contribution in [2.24, 2.45) is 0 Å². The molecule has 0 saturated carbocycles. The van der Waals surface area contributed by atoms with E-state index in [2.05, 4.69) is 10.4 Å². The molecule has 0 saturated heterocycles. The fourth-order valence-electron chi connectivity index (χ4n) is 3.24. The summed E-state index contributed by atoms with van der Waals surface area (Å²) in [5.74, 6) is -0.590. The average molecular weight is 381 g/mol. The zero-order chi connectivity index (χ0) is 20.1. The summed E-state index contributed by atoms with van der Waals surface area (Å²) in [7, 11) is 0. The largest absolute Gasteiger partial charge is 0.393 e. The molecule has 1 aromatic heterocycles. The third-order valence-electron chi connectivity index (χ3n) is 4.63. The highest BCUT2D eigenvalue weighted by molar-refractivity contribution is 5.92. The summed E-state index contributed by atoms with van der Waals surface area (Å²) in [5, 5.41) is 17.0. The van der Waals surface area contributed by atoms with Crippen LogP contribution in [-0.2, 0) is 0 Å². The van der Waals surface area contributed by atoms with Gasteiger partial charge in [0.1, 0.15) is 5.82 Å². The lowest BCUT2D eigenvalue weighted by Crippen LogP contribution is -2.30. The van der Waals surface area contributed by atoms with E-state index in [0.717, 1.165) is 16.8 Å². The second-order valence-electron chi connectivity index (χ2n) is 6.98. The van der Waals surface area contributed by atoms with Crippen molar-refractivity contribution in [3.05, 3.63) is 83.4 Å². The van der Waals surface area contributed by atoms with Gasteiger partial charge >= 0.3 is 0 Å². The molecule has 0 aliphatic rings. The minimum atomic E-state index is -0.470. The summed E-state index contributed by atoms with van der Waals surface area (Å²) in [4.78, 5) is 12.5. The molecule has 28 heavy (non-hydrogen) atoms. The van der Waals surface area contributed by atoms with E-state index in [0.29, 0.717) is 13.0 Å². The van der Waals surface area contributed by atoms with Gasteiger partial charge in [-0.05, 0) is 55.7 Å². The van der Waals surface area contributed by atoms with E-state index in [4.69, 9.17) is 0 Å². The zero-order valence-electron chi connectivity index (χ0n) is 16.0. The van der Waals surface area contributed by atoms with Gasteiger partial charge < -0.3 is 10.4 Å². The Labute approximate surface area is 163 Å². The monoisotopic (exact) mass is 381 g/mol. The summed E-state index contributed by atoms with van der Waals surface area (Å²) in [5.41, 5.74) is 2.80. The van der Waals surface area contributed by atoms with Crippen LogP contribution in [0.2, 0.25) is 0 Å². The SMILES string of the molecule is Cc1cc(F)ccc1-n1ccc(C(=O)NCC(CC(C)O)c2ccccc2)n1. The number of aliphatic hydroxyl groups is 1. The molecule has 0 aliphatic heterocycles. The van der Waals surface area contributed by atoms with Gasteiger partial charge in [0.15, 0.2) is 5.69 Å². The van der Waals surface area contributed by atoms with Crippen LogP contribution < -0.4 is 5.32 Å². The first kappa shape index (κ1) is 19.8. The molecule has 2 unspecified atom stereocenters. The van der Waals surface area contributed by atoms with Gasteiger partial charge in [-0.15, -0.1) is 0 Å². The molecule has 5 nitrogen and oxygen atoms in total. The Bertz CT molecular complexity index is 938. The Hall–Kier alpha value is -2.99. The number of carbonyl (C=O) groups is 1. The minimum Gasteiger partial charge on any atom is -0.393 e. The van der Waals surface area contributed by atoms with Gasteiger partial charge in [0, 0.05) is 18.7 Å². The molecule has 0 aliphatic carbocycles. The molecule has 0 spiro atoms. The first-order valence-electron chi connectivity index (χ1n) is 9.27. The van der Waals surface area contributed by atoms with Crippen LogP contribution >= 0.6 is 0 Å². The molecule has 3 rings (SSSR count). The maximum absolute atomic E-state index is 13.3. The summed E-state index contributed by atoms with van der Waals surface area (Å²) in [6, 6.07) is 15.9. The van der Waals surface area contributed by atoms with Crippen LogP contribution in [0.15, 0.2) is 60.8 Å². The molecule has 2 aromatic carbocycles. The third-order valence-corrected chi connectivity index (χ3v) is 4.63. The molecular weight excluding hydrogens is 357 g/mol. The number of hydrogen-bond donors (Lipinski definition) is 2. The second kappa shape index (κ2) is 8.80. The van der Waals surface area contributed by atoms with E-state index < -0.39 is 6.10 Å². The lowest BCUT2D eigenvalue weighted by Gasteiger charge is -2.19. The van der Waals surface area contributed by atoms with Crippen LogP contribution in [0.25, 0.3) is 5.69 Å². The highest BCUT2D eigenvalue weighted by Crippen LogP contribution is 2.21. The third kappa shape index (κ3) is 4.84. The van der Waals surface area contributed by atoms with Crippen LogP contribution in [0, 0.1) is 12.7 Å². The van der Waals surface area contributed by atoms with Gasteiger partial charge in [0.25, 0.3) is 5.91 Å². The molecule has 1 amide bonds. The Morgan fingerprint density at radius 3 is 2.64 bits per heavy atom. The highest BCUT2D eigenvalue weighted by Gasteiger charge is 2.17. The summed E-state index contributed by atoms with van der Waals surface area (Å²) < 4.78 is 14.9. The molecule has 1 heterocycles. The molecule has 146 valence electrons. The van der Waals surface area contributed by atoms with E-state index in [9.17, 15) is 14.3 Å². The van der Waals surface area contributed by atoms with E-state index in [1.165, 1.54) is 12.1 Å². The maximum Gasteiger partial charge on any atom is 0.271 e. The van der Waals surface area contributed by atoms with Crippen molar-refractivity contribution in [3.63, 3.8) is 0 Å². The molecular formula is C22H24FN3O2. The Morgan fingerprint density at radius 1 is 1.21 bits per heavy atom. The lowest BCUT2D eigenvalue weighted by atomic mass is 9.93. The van der Waals surface area contributed by atoms with E-state index in [-0.39, 0.29) is 23.3 Å². The van der Waals surface area contributed by atoms with Crippen molar-refractivity contribution >= 4 is 5.91 Å². The van der Waals surface area contributed by atoms with Gasteiger partial charge in [-0.1, -0.05) is 30.3 Å². The summed E-state index contributed by atoms with van der Waals surface area (Å²) in [6.45, 7) is 3.93. The molecule has 6 heteroatoms. The standard InChI is InChI=1S/C22H24FN3O2/c1-15-12-19(23)8-9-21(15)26-11-10-20(25-26)22(28)24-14-18(13-16(2)27)17-6-4-3-5-7-17/h3-12,16,18,27H,13-14H2,1-2H3,(H,24,28). The van der Waals surface area contributed by atoms with Gasteiger partial charge in [0.2, 0.25) is 0 Å². The number of carbonyl (C=O) groups excluding carboxylic acids is 1. The maximum atomic E-state index is 13.3. The fraction of sp³-hybridized carbons (Fsp3) is 0.273. The number of nitrogens with one attached hydrogen (secondary N) is 1. The number of halogens is 1. The number of aromatic nitrogens is 2. The number of nitrogens with zero attached hydrogens (tertiary/aromatic N) is 2. The van der Waals surface area contributed by atoms with Gasteiger partial charge in [-0.25, -0.2) is 9.07 Å². The highest BCUT2D eigenvalue weighted by atomic mass is 19.1. The average Bonchev–Trinajstić information content (AvgIpc) is 3.15. The van der Waals surface area contributed by atoms with Crippen LogP contribution in [0.4, 0.5) is 4.39 Å². The second-order valence-corrected chi connectivity index (χ2v) is 6.98. The van der Waals surface area contributed by atoms with Crippen molar-refractivity contribution in [1.82, 2.24) is 15.1 Å². The Balaban J connectivity index is 1.69. The van der Waals surface area contributed by atoms with Crippen LogP contribution in [0.5, 0.6) is 0 Å². The van der Waals surface area contributed by atoms with Crippen LogP contribution in [0.1, 0.15) is 40.9 Å². The van der Waals surface area contributed by atoms with Crippen molar-refractivity contribution in [3.8, 4) is 5.69 Å². The van der Waals surface area contributed by atoms with Crippen molar-refractivity contribution < 1.29 is 14.3 Å².